The first-order valence-corrected chi connectivity index (χ1v) is 8.93. The molecule has 6 nitrogen and oxygen atoms in total. The summed E-state index contributed by atoms with van der Waals surface area (Å²) < 4.78 is 1.00. The Morgan fingerprint density at radius 3 is 2.88 bits per heavy atom. The van der Waals surface area contributed by atoms with Gasteiger partial charge in [-0.15, -0.1) is 0 Å². The van der Waals surface area contributed by atoms with E-state index < -0.39 is 6.09 Å². The molecular weight excluding hydrogens is 328 g/mol. The molecule has 1 saturated heterocycles. The van der Waals surface area contributed by atoms with Crippen LogP contribution in [0.2, 0.25) is 0 Å². The highest BCUT2D eigenvalue weighted by Gasteiger charge is 2.20. The smallest absolute Gasteiger partial charge is 0.432 e. The van der Waals surface area contributed by atoms with Gasteiger partial charge in [0.1, 0.15) is 0 Å². The van der Waals surface area contributed by atoms with Crippen molar-refractivity contribution in [1.29, 1.82) is 0 Å². The fraction of sp³-hybridized carbons (Fsp3) is 0.300. The van der Waals surface area contributed by atoms with Crippen LogP contribution in [0.25, 0.3) is 10.9 Å². The van der Waals surface area contributed by atoms with E-state index in [0.717, 1.165) is 41.8 Å². The van der Waals surface area contributed by atoms with Crippen LogP contribution in [-0.4, -0.2) is 45.0 Å². The molecule has 2 aromatic carbocycles. The Labute approximate surface area is 152 Å². The van der Waals surface area contributed by atoms with Crippen LogP contribution in [0.3, 0.4) is 0 Å². The highest BCUT2D eigenvalue weighted by atomic mass is 16.4. The van der Waals surface area contributed by atoms with Gasteiger partial charge in [-0.25, -0.2) is 4.79 Å². The van der Waals surface area contributed by atoms with Gasteiger partial charge in [0, 0.05) is 30.2 Å². The fourth-order valence-electron chi connectivity index (χ4n) is 3.67. The number of nitrogens with one attached hydrogen (secondary N) is 1. The monoisotopic (exact) mass is 350 g/mol. The second-order valence-electron chi connectivity index (χ2n) is 6.82. The molecule has 1 aliphatic heterocycles. The summed E-state index contributed by atoms with van der Waals surface area (Å²) >= 11 is 0. The predicted molar refractivity (Wildman–Crippen MR) is 102 cm³/mol. The fourth-order valence-corrected chi connectivity index (χ4v) is 3.67. The Balaban J connectivity index is 1.43. The predicted octanol–water partition coefficient (Wildman–Crippen LogP) is 3.64. The van der Waals surface area contributed by atoms with Crippen LogP contribution in [0.5, 0.6) is 0 Å². The van der Waals surface area contributed by atoms with E-state index in [1.165, 1.54) is 12.0 Å². The number of aromatic nitrogens is 2. The molecule has 1 aromatic heterocycles. The zero-order valence-electron chi connectivity index (χ0n) is 14.5. The molecule has 0 saturated carbocycles. The number of carboxylic acid groups (broad SMARTS) is 1. The van der Waals surface area contributed by atoms with Gasteiger partial charge in [-0.1, -0.05) is 30.3 Å². The maximum absolute atomic E-state index is 11.1. The lowest BCUT2D eigenvalue weighted by atomic mass is 10.0. The van der Waals surface area contributed by atoms with Crippen LogP contribution >= 0.6 is 0 Å². The molecule has 0 aliphatic carbocycles. The van der Waals surface area contributed by atoms with Crippen molar-refractivity contribution in [2.24, 2.45) is 0 Å². The number of likely N-dealkylation sites (tertiary alicyclic amines) is 1. The van der Waals surface area contributed by atoms with E-state index in [1.807, 2.05) is 24.3 Å². The molecule has 1 atom stereocenters. The molecule has 1 aliphatic rings. The summed E-state index contributed by atoms with van der Waals surface area (Å²) in [5, 5.41) is 17.5. The molecule has 0 radical (unpaired) electrons. The van der Waals surface area contributed by atoms with Gasteiger partial charge in [-0.2, -0.15) is 9.78 Å². The third-order valence-corrected chi connectivity index (χ3v) is 4.87. The highest BCUT2D eigenvalue weighted by molar-refractivity contribution is 5.89. The summed E-state index contributed by atoms with van der Waals surface area (Å²) in [6.45, 7) is 3.10. The Hall–Kier alpha value is -2.86. The van der Waals surface area contributed by atoms with Crippen LogP contribution in [-0.2, 0) is 6.54 Å². The maximum atomic E-state index is 11.1. The Bertz CT molecular complexity index is 907. The molecule has 0 spiro atoms. The Morgan fingerprint density at radius 1 is 1.23 bits per heavy atom. The lowest BCUT2D eigenvalue weighted by Crippen LogP contribution is -2.41. The zero-order valence-corrected chi connectivity index (χ0v) is 14.5. The molecule has 2 N–H and O–H groups in total. The number of nitrogens with zero attached hydrogens (tertiary/aromatic N) is 3. The quantitative estimate of drug-likeness (QED) is 0.752. The number of fused-ring (bicyclic) bond motifs is 1. The minimum absolute atomic E-state index is 0.388. The molecule has 4 rings (SSSR count). The van der Waals surface area contributed by atoms with Gasteiger partial charge in [-0.3, -0.25) is 4.90 Å². The Kier molecular flexibility index (Phi) is 4.58. The number of piperidine rings is 1. The summed E-state index contributed by atoms with van der Waals surface area (Å²) in [6.07, 6.45) is 2.84. The third kappa shape index (κ3) is 3.55. The summed E-state index contributed by atoms with van der Waals surface area (Å²) in [5.74, 6) is 0. The molecule has 0 bridgehead atoms. The first-order chi connectivity index (χ1) is 12.7. The molecule has 134 valence electrons. The number of anilines is 1. The van der Waals surface area contributed by atoms with Crippen molar-refractivity contribution in [2.75, 3.05) is 18.4 Å². The van der Waals surface area contributed by atoms with Crippen molar-refractivity contribution in [3.63, 3.8) is 0 Å². The number of carbonyl (C=O) groups is 1. The molecule has 6 heteroatoms. The van der Waals surface area contributed by atoms with Crippen LogP contribution in [0, 0.1) is 0 Å². The number of rotatable bonds is 4. The third-order valence-electron chi connectivity index (χ3n) is 4.87. The van der Waals surface area contributed by atoms with E-state index in [2.05, 4.69) is 39.6 Å². The molecule has 26 heavy (non-hydrogen) atoms. The van der Waals surface area contributed by atoms with Gasteiger partial charge >= 0.3 is 6.09 Å². The van der Waals surface area contributed by atoms with E-state index in [1.54, 1.807) is 6.20 Å². The van der Waals surface area contributed by atoms with Crippen LogP contribution in [0.4, 0.5) is 10.5 Å². The van der Waals surface area contributed by atoms with Crippen LogP contribution < -0.4 is 5.32 Å². The van der Waals surface area contributed by atoms with Gasteiger partial charge in [0.15, 0.2) is 0 Å². The average Bonchev–Trinajstić information content (AvgIpc) is 3.06. The van der Waals surface area contributed by atoms with Crippen molar-refractivity contribution in [3.8, 4) is 0 Å². The van der Waals surface area contributed by atoms with Crippen LogP contribution in [0.15, 0.2) is 54.7 Å². The van der Waals surface area contributed by atoms with E-state index in [-0.39, 0.29) is 0 Å². The normalized spacial score (nSPS) is 18.1. The largest absolute Gasteiger partial charge is 0.463 e. The molecular formula is C20H22N4O2. The summed E-state index contributed by atoms with van der Waals surface area (Å²) in [5.41, 5.74) is 2.96. The van der Waals surface area contributed by atoms with Gasteiger partial charge < -0.3 is 10.4 Å². The van der Waals surface area contributed by atoms with Crippen molar-refractivity contribution >= 4 is 22.7 Å². The molecule has 1 fully saturated rings. The minimum Gasteiger partial charge on any atom is -0.463 e. The van der Waals surface area contributed by atoms with Crippen molar-refractivity contribution in [3.05, 3.63) is 60.3 Å². The lowest BCUT2D eigenvalue weighted by Gasteiger charge is -2.33. The van der Waals surface area contributed by atoms with Gasteiger partial charge in [0.2, 0.25) is 0 Å². The molecule has 1 unspecified atom stereocenters. The maximum Gasteiger partial charge on any atom is 0.432 e. The minimum atomic E-state index is -1.07. The van der Waals surface area contributed by atoms with Crippen LogP contribution in [0.1, 0.15) is 18.4 Å². The second kappa shape index (κ2) is 7.17. The topological polar surface area (TPSA) is 70.4 Å². The van der Waals surface area contributed by atoms with Gasteiger partial charge in [-0.05, 0) is 43.1 Å². The van der Waals surface area contributed by atoms with Gasteiger partial charge in [0.05, 0.1) is 11.7 Å². The van der Waals surface area contributed by atoms with Crippen molar-refractivity contribution in [1.82, 2.24) is 14.7 Å². The van der Waals surface area contributed by atoms with E-state index >= 15 is 0 Å². The summed E-state index contributed by atoms with van der Waals surface area (Å²) in [6, 6.07) is 16.7. The van der Waals surface area contributed by atoms with Crippen molar-refractivity contribution in [2.45, 2.75) is 25.4 Å². The standard InChI is InChI=1S/C20H22N4O2/c25-20(26)24-19-9-8-17(11-16(19)12-21-24)22-18-7-4-10-23(14-18)13-15-5-2-1-3-6-15/h1-3,5-6,8-9,11-12,18,22H,4,7,10,13-14H2,(H,25,26). The summed E-state index contributed by atoms with van der Waals surface area (Å²) in [4.78, 5) is 13.6. The van der Waals surface area contributed by atoms with E-state index in [0.29, 0.717) is 11.6 Å². The van der Waals surface area contributed by atoms with E-state index in [9.17, 15) is 4.79 Å². The highest BCUT2D eigenvalue weighted by Crippen LogP contribution is 2.22. The molecule has 0 amide bonds. The average molecular weight is 350 g/mol. The second-order valence-corrected chi connectivity index (χ2v) is 6.82. The zero-order chi connectivity index (χ0) is 17.9. The number of hydrogen-bond acceptors (Lipinski definition) is 4. The molecule has 3 aromatic rings. The van der Waals surface area contributed by atoms with E-state index in [4.69, 9.17) is 5.11 Å². The Morgan fingerprint density at radius 2 is 2.08 bits per heavy atom. The van der Waals surface area contributed by atoms with Crippen molar-refractivity contribution < 1.29 is 9.90 Å². The van der Waals surface area contributed by atoms with Gasteiger partial charge in [0.25, 0.3) is 0 Å². The molecule has 2 heterocycles. The number of benzene rings is 2. The SMILES string of the molecule is O=C(O)n1ncc2cc(NC3CCCN(Cc4ccccc4)C3)ccc21. The first kappa shape index (κ1) is 16.6. The number of hydrogen-bond donors (Lipinski definition) is 2. The lowest BCUT2D eigenvalue weighted by molar-refractivity contribution is 0.194. The first-order valence-electron chi connectivity index (χ1n) is 8.93. The summed E-state index contributed by atoms with van der Waals surface area (Å²) in [7, 11) is 0.